The highest BCUT2D eigenvalue weighted by atomic mass is 32.2. The van der Waals surface area contributed by atoms with E-state index < -0.39 is 27.5 Å². The quantitative estimate of drug-likeness (QED) is 0.451. The smallest absolute Gasteiger partial charge is 0.269 e. The molecule has 0 saturated heterocycles. The van der Waals surface area contributed by atoms with Crippen molar-refractivity contribution in [2.24, 2.45) is 0 Å². The Morgan fingerprint density at radius 2 is 1.70 bits per heavy atom. The van der Waals surface area contributed by atoms with Gasteiger partial charge in [-0.15, -0.1) is 0 Å². The molecule has 140 valence electrons. The Morgan fingerprint density at radius 1 is 1.11 bits per heavy atom. The first kappa shape index (κ1) is 19.1. The molecule has 0 amide bonds. The van der Waals surface area contributed by atoms with Crippen molar-refractivity contribution in [1.29, 1.82) is 0 Å². The van der Waals surface area contributed by atoms with Crippen LogP contribution in [0.25, 0.3) is 11.3 Å². The van der Waals surface area contributed by atoms with Crippen LogP contribution in [0.15, 0.2) is 47.4 Å². The Kier molecular flexibility index (Phi) is 4.79. The Hall–Kier alpha value is -2.71. The molecule has 0 spiro atoms. The maximum atomic E-state index is 14.3. The lowest BCUT2D eigenvalue weighted by Crippen LogP contribution is -2.29. The summed E-state index contributed by atoms with van der Waals surface area (Å²) in [5.41, 5.74) is -0.273. The number of carbonyl (C=O) groups is 1. The number of non-ortho nitro benzene ring substituents is 1. The van der Waals surface area contributed by atoms with Crippen LogP contribution in [0.5, 0.6) is 0 Å². The standard InChI is InChI=1S/C19H16FNO5S/c1-19(2)18(22)16(11-4-7-13(8-5-11)21(23)24)17(26-19)12-6-9-15(27(3)25)14(20)10-12/h4-10H,1-3H3. The van der Waals surface area contributed by atoms with Crippen LogP contribution in [0.1, 0.15) is 25.0 Å². The van der Waals surface area contributed by atoms with Crippen molar-refractivity contribution in [3.63, 3.8) is 0 Å². The van der Waals surface area contributed by atoms with Crippen molar-refractivity contribution >= 4 is 34.0 Å². The van der Waals surface area contributed by atoms with Gasteiger partial charge in [0, 0.05) is 17.7 Å². The average molecular weight is 389 g/mol. The first-order chi connectivity index (χ1) is 12.6. The number of nitrogens with zero attached hydrogens (tertiary/aromatic N) is 1. The molecule has 3 rings (SSSR count). The summed E-state index contributed by atoms with van der Waals surface area (Å²) in [6.07, 6.45) is 1.37. The minimum Gasteiger partial charge on any atom is -0.612 e. The zero-order valence-corrected chi connectivity index (χ0v) is 15.6. The van der Waals surface area contributed by atoms with E-state index >= 15 is 0 Å². The topological polar surface area (TPSA) is 92.5 Å². The normalized spacial score (nSPS) is 17.0. The number of nitro benzene ring substituents is 1. The number of ketones is 1. The van der Waals surface area contributed by atoms with E-state index in [2.05, 4.69) is 0 Å². The van der Waals surface area contributed by atoms with Gasteiger partial charge in [-0.25, -0.2) is 4.39 Å². The molecule has 0 fully saturated rings. The van der Waals surface area contributed by atoms with Gasteiger partial charge in [-0.2, -0.15) is 0 Å². The highest BCUT2D eigenvalue weighted by Gasteiger charge is 2.43. The van der Waals surface area contributed by atoms with Crippen molar-refractivity contribution in [3.05, 3.63) is 69.5 Å². The van der Waals surface area contributed by atoms with Crippen LogP contribution in [0.2, 0.25) is 0 Å². The second kappa shape index (κ2) is 6.79. The summed E-state index contributed by atoms with van der Waals surface area (Å²) in [6, 6.07) is 9.61. The molecule has 1 heterocycles. The van der Waals surface area contributed by atoms with E-state index in [-0.39, 0.29) is 27.7 Å². The predicted octanol–water partition coefficient (Wildman–Crippen LogP) is 3.72. The Bertz CT molecular complexity index is 967. The molecule has 1 unspecified atom stereocenters. The molecule has 27 heavy (non-hydrogen) atoms. The molecule has 0 aliphatic carbocycles. The molecule has 0 saturated carbocycles. The molecule has 1 aliphatic rings. The zero-order valence-electron chi connectivity index (χ0n) is 14.8. The van der Waals surface area contributed by atoms with Gasteiger partial charge in [-0.05, 0) is 60.9 Å². The molecule has 6 nitrogen and oxygen atoms in total. The van der Waals surface area contributed by atoms with E-state index in [9.17, 15) is 23.9 Å². The number of Topliss-reactive ketones (excluding diaryl/α,β-unsaturated/α-hetero) is 1. The van der Waals surface area contributed by atoms with Gasteiger partial charge in [-0.3, -0.25) is 14.9 Å². The number of hydrogen-bond donors (Lipinski definition) is 0. The molecule has 1 atom stereocenters. The second-order valence-corrected chi connectivity index (χ2v) is 7.90. The molecular formula is C19H16FNO5S. The van der Waals surface area contributed by atoms with Gasteiger partial charge < -0.3 is 9.29 Å². The van der Waals surface area contributed by atoms with Crippen LogP contribution in [0, 0.1) is 15.9 Å². The van der Waals surface area contributed by atoms with Crippen molar-refractivity contribution in [2.75, 3.05) is 6.26 Å². The molecule has 0 N–H and O–H groups in total. The fraction of sp³-hybridized carbons (Fsp3) is 0.211. The van der Waals surface area contributed by atoms with E-state index in [0.29, 0.717) is 11.1 Å². The van der Waals surface area contributed by atoms with Crippen LogP contribution in [-0.4, -0.2) is 27.1 Å². The minimum absolute atomic E-state index is 0.0554. The minimum atomic E-state index is -1.49. The molecule has 2 aromatic rings. The number of halogens is 1. The second-order valence-electron chi connectivity index (χ2n) is 6.55. The van der Waals surface area contributed by atoms with Gasteiger partial charge in [0.25, 0.3) is 5.69 Å². The lowest BCUT2D eigenvalue weighted by molar-refractivity contribution is -0.384. The highest BCUT2D eigenvalue weighted by molar-refractivity contribution is 7.90. The summed E-state index contributed by atoms with van der Waals surface area (Å²) < 4.78 is 31.6. The predicted molar refractivity (Wildman–Crippen MR) is 98.8 cm³/mol. The third kappa shape index (κ3) is 3.45. The fourth-order valence-electron chi connectivity index (χ4n) is 2.85. The first-order valence-corrected chi connectivity index (χ1v) is 9.54. The molecular weight excluding hydrogens is 373 g/mol. The van der Waals surface area contributed by atoms with Crippen molar-refractivity contribution in [1.82, 2.24) is 0 Å². The molecule has 8 heteroatoms. The Labute approximate surface area is 158 Å². The monoisotopic (exact) mass is 389 g/mol. The number of carbonyl (C=O) groups excluding carboxylic acids is 1. The maximum absolute atomic E-state index is 14.3. The van der Waals surface area contributed by atoms with Crippen LogP contribution in [0.3, 0.4) is 0 Å². The number of ether oxygens (including phenoxy) is 1. The maximum Gasteiger partial charge on any atom is 0.269 e. The Balaban J connectivity index is 2.15. The summed E-state index contributed by atoms with van der Waals surface area (Å²) in [7, 11) is 0. The first-order valence-electron chi connectivity index (χ1n) is 7.98. The van der Waals surface area contributed by atoms with Gasteiger partial charge in [0.05, 0.1) is 10.5 Å². The molecule has 1 aliphatic heterocycles. The van der Waals surface area contributed by atoms with E-state index in [1.54, 1.807) is 13.8 Å². The SMILES string of the molecule is C[S+]([O-])c1ccc(C2=C(c3ccc([N+](=O)[O-])cc3)C(=O)C(C)(C)O2)cc1F. The summed E-state index contributed by atoms with van der Waals surface area (Å²) >= 11 is -1.49. The molecule has 2 aromatic carbocycles. The van der Waals surface area contributed by atoms with Gasteiger partial charge in [-0.1, -0.05) is 0 Å². The van der Waals surface area contributed by atoms with Gasteiger partial charge >= 0.3 is 0 Å². The van der Waals surface area contributed by atoms with E-state index in [0.717, 1.165) is 0 Å². The highest BCUT2D eigenvalue weighted by Crippen LogP contribution is 2.41. The van der Waals surface area contributed by atoms with Gasteiger partial charge in [0.2, 0.25) is 5.78 Å². The molecule has 0 aromatic heterocycles. The van der Waals surface area contributed by atoms with Crippen LogP contribution in [0.4, 0.5) is 10.1 Å². The number of rotatable bonds is 4. The average Bonchev–Trinajstić information content (AvgIpc) is 2.84. The summed E-state index contributed by atoms with van der Waals surface area (Å²) in [4.78, 5) is 23.2. The van der Waals surface area contributed by atoms with Crippen LogP contribution in [-0.2, 0) is 20.7 Å². The largest absolute Gasteiger partial charge is 0.612 e. The number of nitro groups is 1. The van der Waals surface area contributed by atoms with Crippen molar-refractivity contribution in [3.8, 4) is 0 Å². The van der Waals surface area contributed by atoms with Crippen LogP contribution >= 0.6 is 0 Å². The fourth-order valence-corrected chi connectivity index (χ4v) is 3.44. The number of benzene rings is 2. The lowest BCUT2D eigenvalue weighted by atomic mass is 9.92. The van der Waals surface area contributed by atoms with Crippen LogP contribution < -0.4 is 0 Å². The van der Waals surface area contributed by atoms with Crippen molar-refractivity contribution < 1.29 is 23.4 Å². The summed E-state index contributed by atoms with van der Waals surface area (Å²) in [5, 5.41) is 10.8. The molecule has 0 radical (unpaired) electrons. The third-order valence-electron chi connectivity index (χ3n) is 4.23. The zero-order chi connectivity index (χ0) is 19.9. The van der Waals surface area contributed by atoms with E-state index in [4.69, 9.17) is 4.74 Å². The van der Waals surface area contributed by atoms with E-state index in [1.807, 2.05) is 0 Å². The van der Waals surface area contributed by atoms with E-state index in [1.165, 1.54) is 48.7 Å². The van der Waals surface area contributed by atoms with Crippen molar-refractivity contribution in [2.45, 2.75) is 24.3 Å². The Morgan fingerprint density at radius 3 is 2.22 bits per heavy atom. The third-order valence-corrected chi connectivity index (χ3v) is 5.18. The lowest BCUT2D eigenvalue weighted by Gasteiger charge is -2.18. The summed E-state index contributed by atoms with van der Waals surface area (Å²) in [6.45, 7) is 3.19. The summed E-state index contributed by atoms with van der Waals surface area (Å²) in [5.74, 6) is -0.786. The van der Waals surface area contributed by atoms with Gasteiger partial charge in [0.15, 0.2) is 16.3 Å². The number of hydrogen-bond acceptors (Lipinski definition) is 5. The molecule has 0 bridgehead atoms. The van der Waals surface area contributed by atoms with Gasteiger partial charge in [0.1, 0.15) is 12.0 Å².